The van der Waals surface area contributed by atoms with Crippen molar-refractivity contribution in [3.05, 3.63) is 36.6 Å². The fraction of sp³-hybridized carbons (Fsp3) is 0.300. The molecule has 0 rings (SSSR count). The Hall–Kier alpha value is -1.11. The Kier molecular flexibility index (Phi) is 13.3. The summed E-state index contributed by atoms with van der Waals surface area (Å²) in [5.41, 5.74) is 0.870. The monoisotopic (exact) mass is 151 g/mol. The summed E-state index contributed by atoms with van der Waals surface area (Å²) in [7, 11) is 0. The molecule has 1 heteroatoms. The van der Waals surface area contributed by atoms with Gasteiger partial charge in [-0.15, -0.1) is 0 Å². The fourth-order valence-corrected chi connectivity index (χ4v) is 0.407. The van der Waals surface area contributed by atoms with Crippen LogP contribution < -0.4 is 0 Å². The summed E-state index contributed by atoms with van der Waals surface area (Å²) >= 11 is 0. The third kappa shape index (κ3) is 8.89. The van der Waals surface area contributed by atoms with E-state index in [-0.39, 0.29) is 0 Å². The molecule has 0 radical (unpaired) electrons. The third-order valence-electron chi connectivity index (χ3n) is 0.881. The lowest BCUT2D eigenvalue weighted by molar-refractivity contribution is 1.41. The van der Waals surface area contributed by atoms with Crippen molar-refractivity contribution in [2.24, 2.45) is 4.99 Å². The topological polar surface area (TPSA) is 12.4 Å². The summed E-state index contributed by atoms with van der Waals surface area (Å²) in [6.07, 6.45) is 7.26. The quantitative estimate of drug-likeness (QED) is 0.433. The highest BCUT2D eigenvalue weighted by Crippen LogP contribution is 1.95. The van der Waals surface area contributed by atoms with Gasteiger partial charge in [0.1, 0.15) is 0 Å². The predicted molar refractivity (Wildman–Crippen MR) is 54.0 cm³/mol. The Bertz CT molecular complexity index is 152. The molecule has 11 heavy (non-hydrogen) atoms. The Labute approximate surface area is 69.9 Å². The average molecular weight is 151 g/mol. The van der Waals surface area contributed by atoms with Crippen LogP contribution in [0.5, 0.6) is 0 Å². The van der Waals surface area contributed by atoms with Crippen LogP contribution in [0, 0.1) is 0 Å². The second-order valence-electron chi connectivity index (χ2n) is 1.47. The minimum absolute atomic E-state index is 0.870. The van der Waals surface area contributed by atoms with Gasteiger partial charge >= 0.3 is 0 Å². The zero-order valence-corrected chi connectivity index (χ0v) is 7.67. The van der Waals surface area contributed by atoms with E-state index in [0.717, 1.165) is 5.70 Å². The summed E-state index contributed by atoms with van der Waals surface area (Å²) in [5, 5.41) is 0. The Balaban J connectivity index is 0. The van der Waals surface area contributed by atoms with E-state index in [1.807, 2.05) is 39.0 Å². The van der Waals surface area contributed by atoms with Gasteiger partial charge in [-0.05, 0) is 19.7 Å². The molecule has 0 aliphatic carbocycles. The summed E-state index contributed by atoms with van der Waals surface area (Å²) in [5.74, 6) is 0. The number of aliphatic imine (C=N–C) groups is 1. The lowest BCUT2D eigenvalue weighted by atomic mass is 10.4. The van der Waals surface area contributed by atoms with Crippen molar-refractivity contribution < 1.29 is 0 Å². The molecule has 1 nitrogen and oxygen atoms in total. The van der Waals surface area contributed by atoms with Crippen LogP contribution in [-0.4, -0.2) is 6.72 Å². The van der Waals surface area contributed by atoms with E-state index in [4.69, 9.17) is 0 Å². The SMILES string of the molecule is C=C/C=C\C(=C/C)N=C.CC. The van der Waals surface area contributed by atoms with E-state index >= 15 is 0 Å². The smallest absolute Gasteiger partial charge is 0.0579 e. The van der Waals surface area contributed by atoms with E-state index in [0.29, 0.717) is 0 Å². The first-order valence-corrected chi connectivity index (χ1v) is 3.77. The van der Waals surface area contributed by atoms with Crippen molar-refractivity contribution in [2.45, 2.75) is 20.8 Å². The van der Waals surface area contributed by atoms with Gasteiger partial charge in [0.15, 0.2) is 0 Å². The summed E-state index contributed by atoms with van der Waals surface area (Å²) in [6.45, 7) is 12.8. The van der Waals surface area contributed by atoms with Gasteiger partial charge in [-0.25, -0.2) is 0 Å². The highest BCUT2D eigenvalue weighted by molar-refractivity contribution is 5.33. The highest BCUT2D eigenvalue weighted by atomic mass is 14.7. The van der Waals surface area contributed by atoms with E-state index < -0.39 is 0 Å². The zero-order valence-electron chi connectivity index (χ0n) is 7.67. The van der Waals surface area contributed by atoms with Gasteiger partial charge in [0, 0.05) is 0 Å². The number of hydrogen-bond acceptors (Lipinski definition) is 1. The fourth-order valence-electron chi connectivity index (χ4n) is 0.407. The van der Waals surface area contributed by atoms with Gasteiger partial charge in [0.2, 0.25) is 0 Å². The molecule has 0 aromatic rings. The van der Waals surface area contributed by atoms with Gasteiger partial charge in [0.05, 0.1) is 5.70 Å². The molecule has 0 aromatic heterocycles. The molecule has 0 aromatic carbocycles. The molecule has 62 valence electrons. The molecular formula is C10H17N. The van der Waals surface area contributed by atoms with Gasteiger partial charge in [-0.2, -0.15) is 0 Å². The first-order valence-electron chi connectivity index (χ1n) is 3.77. The molecule has 0 spiro atoms. The Morgan fingerprint density at radius 1 is 1.36 bits per heavy atom. The number of rotatable bonds is 3. The molecule has 0 unspecified atom stereocenters. The number of hydrogen-bond donors (Lipinski definition) is 0. The van der Waals surface area contributed by atoms with Gasteiger partial charge in [-0.3, -0.25) is 4.99 Å². The maximum Gasteiger partial charge on any atom is 0.0579 e. The molecule has 0 heterocycles. The lowest BCUT2D eigenvalue weighted by Gasteiger charge is -1.85. The molecular weight excluding hydrogens is 134 g/mol. The number of allylic oxidation sites excluding steroid dienone is 4. The molecule has 0 aliphatic rings. The van der Waals surface area contributed by atoms with Crippen molar-refractivity contribution >= 4 is 6.72 Å². The zero-order chi connectivity index (χ0) is 9.11. The number of nitrogens with zero attached hydrogens (tertiary/aromatic N) is 1. The third-order valence-corrected chi connectivity index (χ3v) is 0.881. The molecule has 0 saturated heterocycles. The second kappa shape index (κ2) is 11.7. The van der Waals surface area contributed by atoms with E-state index in [9.17, 15) is 0 Å². The maximum absolute atomic E-state index is 3.72. The summed E-state index contributed by atoms with van der Waals surface area (Å²) in [6, 6.07) is 0. The van der Waals surface area contributed by atoms with Crippen molar-refractivity contribution in [1.82, 2.24) is 0 Å². The second-order valence-corrected chi connectivity index (χ2v) is 1.47. The molecule has 0 amide bonds. The summed E-state index contributed by atoms with van der Waals surface area (Å²) < 4.78 is 0. The molecule has 0 aliphatic heterocycles. The normalized spacial score (nSPS) is 10.3. The van der Waals surface area contributed by atoms with Crippen LogP contribution in [-0.2, 0) is 0 Å². The van der Waals surface area contributed by atoms with Gasteiger partial charge < -0.3 is 0 Å². The van der Waals surface area contributed by atoms with Crippen molar-refractivity contribution in [3.8, 4) is 0 Å². The molecule has 0 saturated carbocycles. The van der Waals surface area contributed by atoms with Crippen LogP contribution in [0.3, 0.4) is 0 Å². The Morgan fingerprint density at radius 2 is 1.91 bits per heavy atom. The first-order chi connectivity index (χ1) is 5.35. The van der Waals surface area contributed by atoms with Crippen LogP contribution in [0.15, 0.2) is 41.6 Å². The van der Waals surface area contributed by atoms with Crippen molar-refractivity contribution in [2.75, 3.05) is 0 Å². The molecule has 0 atom stereocenters. The van der Waals surface area contributed by atoms with Crippen molar-refractivity contribution in [3.63, 3.8) is 0 Å². The molecule has 0 N–H and O–H groups in total. The lowest BCUT2D eigenvalue weighted by Crippen LogP contribution is -1.65. The standard InChI is InChI=1S/C8H11N.C2H6/c1-4-6-7-8(5-2)9-3;1-2/h4-7H,1,3H2,2H3;1-2H3/b7-6-,8-5+;. The molecule has 0 fully saturated rings. The largest absolute Gasteiger partial charge is 0.265 e. The minimum Gasteiger partial charge on any atom is -0.265 e. The van der Waals surface area contributed by atoms with Crippen LogP contribution >= 0.6 is 0 Å². The summed E-state index contributed by atoms with van der Waals surface area (Å²) in [4.78, 5) is 3.72. The van der Waals surface area contributed by atoms with E-state index in [2.05, 4.69) is 18.3 Å². The average Bonchev–Trinajstić information content (AvgIpc) is 2.10. The van der Waals surface area contributed by atoms with Crippen molar-refractivity contribution in [1.29, 1.82) is 0 Å². The van der Waals surface area contributed by atoms with Crippen LogP contribution in [0.4, 0.5) is 0 Å². The van der Waals surface area contributed by atoms with Gasteiger partial charge in [0.25, 0.3) is 0 Å². The highest BCUT2D eigenvalue weighted by Gasteiger charge is 1.76. The van der Waals surface area contributed by atoms with Gasteiger partial charge in [-0.1, -0.05) is 38.7 Å². The van der Waals surface area contributed by atoms with E-state index in [1.54, 1.807) is 6.08 Å². The Morgan fingerprint density at radius 3 is 2.18 bits per heavy atom. The van der Waals surface area contributed by atoms with Crippen LogP contribution in [0.1, 0.15) is 20.8 Å². The molecule has 0 bridgehead atoms. The van der Waals surface area contributed by atoms with Crippen LogP contribution in [0.25, 0.3) is 0 Å². The van der Waals surface area contributed by atoms with E-state index in [1.165, 1.54) is 0 Å². The van der Waals surface area contributed by atoms with Crippen LogP contribution in [0.2, 0.25) is 0 Å². The predicted octanol–water partition coefficient (Wildman–Crippen LogP) is 3.36. The minimum atomic E-state index is 0.870. The first kappa shape index (κ1) is 12.6. The maximum atomic E-state index is 3.72.